The van der Waals surface area contributed by atoms with Crippen molar-refractivity contribution in [3.8, 4) is 0 Å². The summed E-state index contributed by atoms with van der Waals surface area (Å²) >= 11 is 0. The number of carbonyl (C=O) groups is 1. The van der Waals surface area contributed by atoms with Crippen LogP contribution in [0, 0.1) is 6.92 Å². The lowest BCUT2D eigenvalue weighted by molar-refractivity contribution is 0.0920. The van der Waals surface area contributed by atoms with E-state index in [0.717, 1.165) is 16.5 Å². The number of hydrogen-bond donors (Lipinski definition) is 1. The van der Waals surface area contributed by atoms with Gasteiger partial charge in [-0.15, -0.1) is 0 Å². The topological polar surface area (TPSA) is 69.0 Å². The monoisotopic (exact) mass is 322 g/mol. The Morgan fingerprint density at radius 2 is 2.17 bits per heavy atom. The van der Waals surface area contributed by atoms with Gasteiger partial charge in [0.15, 0.2) is 0 Å². The molecular weight excluding hydrogens is 304 g/mol. The summed E-state index contributed by atoms with van der Waals surface area (Å²) in [6, 6.07) is 11.4. The van der Waals surface area contributed by atoms with E-state index in [1.54, 1.807) is 6.20 Å². The molecule has 2 atom stereocenters. The van der Waals surface area contributed by atoms with Crippen LogP contribution in [0.4, 0.5) is 0 Å². The van der Waals surface area contributed by atoms with E-state index >= 15 is 0 Å². The quantitative estimate of drug-likeness (QED) is 0.802. The van der Waals surface area contributed by atoms with Crippen LogP contribution in [0.3, 0.4) is 0 Å². The molecule has 0 saturated carbocycles. The Hall–Kier alpha value is -2.73. The molecule has 6 heteroatoms. The highest BCUT2D eigenvalue weighted by atomic mass is 16.5. The molecule has 1 amide bonds. The Balaban J connectivity index is 1.58. The summed E-state index contributed by atoms with van der Waals surface area (Å²) in [6.45, 7) is 3.01. The van der Waals surface area contributed by atoms with Gasteiger partial charge < -0.3 is 10.1 Å². The van der Waals surface area contributed by atoms with Crippen LogP contribution >= 0.6 is 0 Å². The second kappa shape index (κ2) is 6.05. The number of carbonyl (C=O) groups excluding carboxylic acids is 1. The number of nitrogens with one attached hydrogen (secondary N) is 1. The highest BCUT2D eigenvalue weighted by molar-refractivity contribution is 5.96. The van der Waals surface area contributed by atoms with Crippen molar-refractivity contribution in [2.45, 2.75) is 19.0 Å². The molecule has 1 N–H and O–H groups in total. The summed E-state index contributed by atoms with van der Waals surface area (Å²) in [7, 11) is 0. The van der Waals surface area contributed by atoms with Gasteiger partial charge in [-0.2, -0.15) is 5.10 Å². The molecule has 6 nitrogen and oxygen atoms in total. The first kappa shape index (κ1) is 14.8. The first-order valence-corrected chi connectivity index (χ1v) is 7.96. The first-order valence-electron chi connectivity index (χ1n) is 7.96. The molecule has 1 aliphatic heterocycles. The molecule has 0 bridgehead atoms. The van der Waals surface area contributed by atoms with E-state index in [1.165, 1.54) is 0 Å². The molecule has 0 aliphatic carbocycles. The van der Waals surface area contributed by atoms with E-state index < -0.39 is 0 Å². The molecule has 0 spiro atoms. The van der Waals surface area contributed by atoms with Crippen LogP contribution < -0.4 is 5.32 Å². The maximum absolute atomic E-state index is 12.7. The normalized spacial score (nSPS) is 20.4. The van der Waals surface area contributed by atoms with Crippen LogP contribution in [0.2, 0.25) is 0 Å². The maximum atomic E-state index is 12.7. The average Bonchev–Trinajstić information content (AvgIpc) is 3.25. The number of ether oxygens (including phenoxy) is 1. The molecule has 1 aromatic carbocycles. The molecule has 3 heterocycles. The largest absolute Gasteiger partial charge is 0.377 e. The minimum absolute atomic E-state index is 0.00510. The van der Waals surface area contributed by atoms with Gasteiger partial charge in [0.1, 0.15) is 5.69 Å². The number of nitrogens with zero attached hydrogens (tertiary/aromatic N) is 3. The lowest BCUT2D eigenvalue weighted by Gasteiger charge is -2.19. The summed E-state index contributed by atoms with van der Waals surface area (Å²) in [5.74, 6) is -0.184. The highest BCUT2D eigenvalue weighted by Crippen LogP contribution is 2.20. The lowest BCUT2D eigenvalue weighted by atomic mass is 10.1. The van der Waals surface area contributed by atoms with Gasteiger partial charge in [-0.3, -0.25) is 9.48 Å². The zero-order valence-electron chi connectivity index (χ0n) is 13.3. The fourth-order valence-electron chi connectivity index (χ4n) is 3.13. The second-order valence-corrected chi connectivity index (χ2v) is 6.01. The van der Waals surface area contributed by atoms with Crippen molar-refractivity contribution in [2.75, 3.05) is 13.2 Å². The van der Waals surface area contributed by atoms with Gasteiger partial charge in [-0.25, -0.2) is 4.98 Å². The zero-order valence-corrected chi connectivity index (χ0v) is 13.3. The standard InChI is InChI=1S/C18H18N4O2/c1-12-9-15(20-14-6-3-2-5-13(12)14)18(23)21-16-10-24-11-17(16)22-8-4-7-19-22/h2-9,16-17H,10-11H2,1H3,(H,21,23)/t16-,17+/m1/s1. The minimum Gasteiger partial charge on any atom is -0.377 e. The Bertz CT molecular complexity index is 876. The van der Waals surface area contributed by atoms with Crippen molar-refractivity contribution in [1.82, 2.24) is 20.1 Å². The van der Waals surface area contributed by atoms with Crippen LogP contribution in [-0.4, -0.2) is 39.9 Å². The third-order valence-electron chi connectivity index (χ3n) is 4.39. The predicted molar refractivity (Wildman–Crippen MR) is 89.8 cm³/mol. The zero-order chi connectivity index (χ0) is 16.5. The summed E-state index contributed by atoms with van der Waals surface area (Å²) in [5, 5.41) is 8.35. The second-order valence-electron chi connectivity index (χ2n) is 6.01. The Labute approximate surface area is 139 Å². The fraction of sp³-hybridized carbons (Fsp3) is 0.278. The van der Waals surface area contributed by atoms with Crippen LogP contribution in [0.5, 0.6) is 0 Å². The van der Waals surface area contributed by atoms with E-state index in [0.29, 0.717) is 18.9 Å². The molecule has 3 aromatic rings. The van der Waals surface area contributed by atoms with Crippen molar-refractivity contribution in [3.05, 3.63) is 60.0 Å². The van der Waals surface area contributed by atoms with E-state index in [-0.39, 0.29) is 18.0 Å². The van der Waals surface area contributed by atoms with Crippen molar-refractivity contribution in [1.29, 1.82) is 0 Å². The molecule has 1 saturated heterocycles. The molecule has 2 aromatic heterocycles. The van der Waals surface area contributed by atoms with Gasteiger partial charge >= 0.3 is 0 Å². The van der Waals surface area contributed by atoms with Gasteiger partial charge in [-0.1, -0.05) is 18.2 Å². The highest BCUT2D eigenvalue weighted by Gasteiger charge is 2.31. The third kappa shape index (κ3) is 2.65. The van der Waals surface area contributed by atoms with Crippen molar-refractivity contribution in [3.63, 3.8) is 0 Å². The number of aryl methyl sites for hydroxylation is 1. The molecule has 4 rings (SSSR count). The number of hydrogen-bond acceptors (Lipinski definition) is 4. The molecule has 1 fully saturated rings. The number of fused-ring (bicyclic) bond motifs is 1. The Kier molecular flexibility index (Phi) is 3.74. The van der Waals surface area contributed by atoms with Crippen LogP contribution in [0.25, 0.3) is 10.9 Å². The van der Waals surface area contributed by atoms with E-state index in [9.17, 15) is 4.79 Å². The molecule has 0 radical (unpaired) electrons. The van der Waals surface area contributed by atoms with Gasteiger partial charge in [0, 0.05) is 17.8 Å². The van der Waals surface area contributed by atoms with Crippen molar-refractivity contribution < 1.29 is 9.53 Å². The predicted octanol–water partition coefficient (Wildman–Crippen LogP) is 2.11. The number of benzene rings is 1. The van der Waals surface area contributed by atoms with E-state index in [2.05, 4.69) is 15.4 Å². The Morgan fingerprint density at radius 3 is 3.00 bits per heavy atom. The third-order valence-corrected chi connectivity index (χ3v) is 4.39. The van der Waals surface area contributed by atoms with Gasteiger partial charge in [-0.05, 0) is 30.7 Å². The maximum Gasteiger partial charge on any atom is 0.270 e. The number of amides is 1. The average molecular weight is 322 g/mol. The number of aromatic nitrogens is 3. The number of para-hydroxylation sites is 1. The summed E-state index contributed by atoms with van der Waals surface area (Å²) in [5.41, 5.74) is 2.29. The van der Waals surface area contributed by atoms with E-state index in [1.807, 2.05) is 54.2 Å². The molecule has 122 valence electrons. The van der Waals surface area contributed by atoms with Crippen molar-refractivity contribution in [2.24, 2.45) is 0 Å². The molecule has 24 heavy (non-hydrogen) atoms. The Morgan fingerprint density at radius 1 is 1.29 bits per heavy atom. The molecular formula is C18H18N4O2. The van der Waals surface area contributed by atoms with Gasteiger partial charge in [0.2, 0.25) is 0 Å². The fourth-order valence-corrected chi connectivity index (χ4v) is 3.13. The smallest absolute Gasteiger partial charge is 0.270 e. The summed E-state index contributed by atoms with van der Waals surface area (Å²) in [6.07, 6.45) is 3.61. The number of rotatable bonds is 3. The van der Waals surface area contributed by atoms with Gasteiger partial charge in [0.05, 0.1) is 30.8 Å². The first-order chi connectivity index (χ1) is 11.7. The van der Waals surface area contributed by atoms with Crippen LogP contribution in [-0.2, 0) is 4.74 Å². The molecule has 0 unspecified atom stereocenters. The van der Waals surface area contributed by atoms with Gasteiger partial charge in [0.25, 0.3) is 5.91 Å². The summed E-state index contributed by atoms with van der Waals surface area (Å²) in [4.78, 5) is 17.1. The van der Waals surface area contributed by atoms with Crippen LogP contribution in [0.1, 0.15) is 22.1 Å². The SMILES string of the molecule is Cc1cc(C(=O)N[C@@H]2COC[C@@H]2n2cccn2)nc2ccccc12. The minimum atomic E-state index is -0.184. The van der Waals surface area contributed by atoms with Crippen molar-refractivity contribution >= 4 is 16.8 Å². The number of pyridine rings is 1. The van der Waals surface area contributed by atoms with E-state index in [4.69, 9.17) is 4.74 Å². The van der Waals surface area contributed by atoms with Crippen LogP contribution in [0.15, 0.2) is 48.8 Å². The molecule has 1 aliphatic rings. The lowest BCUT2D eigenvalue weighted by Crippen LogP contribution is -2.41. The summed E-state index contributed by atoms with van der Waals surface area (Å²) < 4.78 is 7.36.